The highest BCUT2D eigenvalue weighted by molar-refractivity contribution is 5.86. The van der Waals surface area contributed by atoms with Crippen molar-refractivity contribution in [3.63, 3.8) is 0 Å². The maximum atomic E-state index is 11.5. The first kappa shape index (κ1) is 15.3. The number of carbonyl (C=O) groups is 1. The van der Waals surface area contributed by atoms with Gasteiger partial charge in [-0.25, -0.2) is 4.79 Å². The van der Waals surface area contributed by atoms with Crippen molar-refractivity contribution < 1.29 is 19.7 Å². The second-order valence-corrected chi connectivity index (χ2v) is 5.15. The minimum absolute atomic E-state index is 0.0539. The standard InChI is InChI=1S/C13H20N2O4/c1-13(2,3)19-12(18)15-9-5-4-8(6-10(9)16)11(17)7-14/h4-6,11,16-17H,7,14H2,1-3H3,(H,15,18)/t11-/m1/s1. The monoisotopic (exact) mass is 268 g/mol. The lowest BCUT2D eigenvalue weighted by Gasteiger charge is -2.20. The fraction of sp³-hybridized carbons (Fsp3) is 0.462. The van der Waals surface area contributed by atoms with Crippen LogP contribution in [0.5, 0.6) is 5.75 Å². The van der Waals surface area contributed by atoms with Crippen molar-refractivity contribution in [1.29, 1.82) is 0 Å². The molecule has 1 aromatic rings. The normalized spacial score (nSPS) is 12.9. The first-order valence-corrected chi connectivity index (χ1v) is 5.94. The van der Waals surface area contributed by atoms with Crippen LogP contribution in [0.3, 0.4) is 0 Å². The molecule has 0 bridgehead atoms. The Morgan fingerprint density at radius 3 is 2.58 bits per heavy atom. The third-order valence-electron chi connectivity index (χ3n) is 2.27. The molecule has 5 N–H and O–H groups in total. The third-order valence-corrected chi connectivity index (χ3v) is 2.27. The van der Waals surface area contributed by atoms with Crippen LogP contribution < -0.4 is 11.1 Å². The van der Waals surface area contributed by atoms with E-state index < -0.39 is 17.8 Å². The number of aromatic hydroxyl groups is 1. The second-order valence-electron chi connectivity index (χ2n) is 5.15. The summed E-state index contributed by atoms with van der Waals surface area (Å²) < 4.78 is 5.06. The zero-order valence-electron chi connectivity index (χ0n) is 11.3. The highest BCUT2D eigenvalue weighted by Gasteiger charge is 2.17. The molecule has 19 heavy (non-hydrogen) atoms. The van der Waals surface area contributed by atoms with E-state index in [1.165, 1.54) is 12.1 Å². The summed E-state index contributed by atoms with van der Waals surface area (Å²) >= 11 is 0. The maximum Gasteiger partial charge on any atom is 0.412 e. The van der Waals surface area contributed by atoms with Crippen molar-refractivity contribution in [2.75, 3.05) is 11.9 Å². The maximum absolute atomic E-state index is 11.5. The van der Waals surface area contributed by atoms with Crippen molar-refractivity contribution in [3.05, 3.63) is 23.8 Å². The lowest BCUT2D eigenvalue weighted by Crippen LogP contribution is -2.27. The Hall–Kier alpha value is -1.79. The van der Waals surface area contributed by atoms with Crippen LogP contribution in [0.15, 0.2) is 18.2 Å². The summed E-state index contributed by atoms with van der Waals surface area (Å²) in [5, 5.41) is 21.7. The number of benzene rings is 1. The Morgan fingerprint density at radius 1 is 1.47 bits per heavy atom. The van der Waals surface area contributed by atoms with Crippen LogP contribution in [0, 0.1) is 0 Å². The number of nitrogens with one attached hydrogen (secondary N) is 1. The number of carbonyl (C=O) groups excluding carboxylic acids is 1. The molecule has 0 spiro atoms. The average molecular weight is 268 g/mol. The highest BCUT2D eigenvalue weighted by Crippen LogP contribution is 2.27. The van der Waals surface area contributed by atoms with Crippen molar-refractivity contribution >= 4 is 11.8 Å². The predicted molar refractivity (Wildman–Crippen MR) is 72.0 cm³/mol. The van der Waals surface area contributed by atoms with Gasteiger partial charge in [0.2, 0.25) is 0 Å². The van der Waals surface area contributed by atoms with Gasteiger partial charge < -0.3 is 20.7 Å². The van der Waals surface area contributed by atoms with Gasteiger partial charge in [-0.15, -0.1) is 0 Å². The van der Waals surface area contributed by atoms with Gasteiger partial charge in [0.15, 0.2) is 0 Å². The highest BCUT2D eigenvalue weighted by atomic mass is 16.6. The Labute approximate surface area is 112 Å². The van der Waals surface area contributed by atoms with E-state index in [4.69, 9.17) is 10.5 Å². The Balaban J connectivity index is 2.78. The van der Waals surface area contributed by atoms with Gasteiger partial charge in [0, 0.05) is 6.54 Å². The number of phenols is 1. The molecule has 0 aliphatic rings. The SMILES string of the molecule is CC(C)(C)OC(=O)Nc1ccc([C@H](O)CN)cc1O. The molecule has 0 radical (unpaired) electrons. The van der Waals surface area contributed by atoms with Gasteiger partial charge in [0.05, 0.1) is 11.8 Å². The van der Waals surface area contributed by atoms with Crippen LogP contribution in [0.4, 0.5) is 10.5 Å². The van der Waals surface area contributed by atoms with Gasteiger partial charge in [-0.1, -0.05) is 6.07 Å². The number of nitrogens with two attached hydrogens (primary N) is 1. The van der Waals surface area contributed by atoms with E-state index in [1.54, 1.807) is 26.8 Å². The molecule has 6 nitrogen and oxygen atoms in total. The van der Waals surface area contributed by atoms with E-state index in [-0.39, 0.29) is 18.0 Å². The van der Waals surface area contributed by atoms with Gasteiger partial charge in [0.1, 0.15) is 11.4 Å². The summed E-state index contributed by atoms with van der Waals surface area (Å²) in [6.07, 6.45) is -1.50. The summed E-state index contributed by atoms with van der Waals surface area (Å²) in [7, 11) is 0. The molecule has 0 saturated heterocycles. The molecule has 1 atom stereocenters. The number of phenolic OH excluding ortho intramolecular Hbond substituents is 1. The fourth-order valence-electron chi connectivity index (χ4n) is 1.41. The molecule has 1 amide bonds. The fourth-order valence-corrected chi connectivity index (χ4v) is 1.41. The largest absolute Gasteiger partial charge is 0.506 e. The van der Waals surface area contributed by atoms with Gasteiger partial charge in [-0.05, 0) is 38.5 Å². The van der Waals surface area contributed by atoms with Gasteiger partial charge in [-0.2, -0.15) is 0 Å². The van der Waals surface area contributed by atoms with E-state index in [0.29, 0.717) is 5.56 Å². The number of hydrogen-bond donors (Lipinski definition) is 4. The van der Waals surface area contributed by atoms with Crippen LogP contribution in [0.25, 0.3) is 0 Å². The molecule has 0 fully saturated rings. The van der Waals surface area contributed by atoms with Crippen molar-refractivity contribution in [1.82, 2.24) is 0 Å². The Morgan fingerprint density at radius 2 is 2.11 bits per heavy atom. The van der Waals surface area contributed by atoms with E-state index in [2.05, 4.69) is 5.32 Å². The lowest BCUT2D eigenvalue weighted by atomic mass is 10.1. The molecule has 6 heteroatoms. The molecule has 0 unspecified atom stereocenters. The molecule has 0 heterocycles. The van der Waals surface area contributed by atoms with Gasteiger partial charge in [0.25, 0.3) is 0 Å². The molecule has 1 aromatic carbocycles. The Kier molecular flexibility index (Phi) is 4.74. The van der Waals surface area contributed by atoms with Crippen LogP contribution in [0.1, 0.15) is 32.4 Å². The first-order valence-electron chi connectivity index (χ1n) is 5.94. The van der Waals surface area contributed by atoms with Crippen molar-refractivity contribution in [2.24, 2.45) is 5.73 Å². The molecule has 0 saturated carbocycles. The number of aliphatic hydroxyl groups excluding tert-OH is 1. The van der Waals surface area contributed by atoms with Gasteiger partial charge >= 0.3 is 6.09 Å². The average Bonchev–Trinajstić information content (AvgIpc) is 2.28. The van der Waals surface area contributed by atoms with E-state index in [9.17, 15) is 15.0 Å². The minimum atomic E-state index is -0.846. The molecule has 106 valence electrons. The van der Waals surface area contributed by atoms with E-state index >= 15 is 0 Å². The summed E-state index contributed by atoms with van der Waals surface area (Å²) in [4.78, 5) is 11.5. The number of rotatable bonds is 3. The molecule has 0 aliphatic carbocycles. The van der Waals surface area contributed by atoms with Crippen molar-refractivity contribution in [2.45, 2.75) is 32.5 Å². The number of anilines is 1. The van der Waals surface area contributed by atoms with Gasteiger partial charge in [-0.3, -0.25) is 5.32 Å². The van der Waals surface area contributed by atoms with Crippen LogP contribution in [0.2, 0.25) is 0 Å². The van der Waals surface area contributed by atoms with Crippen LogP contribution in [-0.4, -0.2) is 28.5 Å². The van der Waals surface area contributed by atoms with Crippen molar-refractivity contribution in [3.8, 4) is 5.75 Å². The zero-order chi connectivity index (χ0) is 14.6. The van der Waals surface area contributed by atoms with Crippen LogP contribution in [-0.2, 0) is 4.74 Å². The Bertz CT molecular complexity index is 454. The van der Waals surface area contributed by atoms with E-state index in [1.807, 2.05) is 0 Å². The number of ether oxygens (including phenoxy) is 1. The lowest BCUT2D eigenvalue weighted by molar-refractivity contribution is 0.0635. The zero-order valence-corrected chi connectivity index (χ0v) is 11.3. The first-order chi connectivity index (χ1) is 8.73. The summed E-state index contributed by atoms with van der Waals surface area (Å²) in [6, 6.07) is 4.40. The van der Waals surface area contributed by atoms with Crippen LogP contribution >= 0.6 is 0 Å². The molecule has 1 rings (SSSR count). The topological polar surface area (TPSA) is 105 Å². The molecule has 0 aliphatic heterocycles. The number of hydrogen-bond acceptors (Lipinski definition) is 5. The second kappa shape index (κ2) is 5.90. The molecular weight excluding hydrogens is 248 g/mol. The summed E-state index contributed by atoms with van der Waals surface area (Å²) in [5.41, 5.74) is 5.40. The number of aliphatic hydroxyl groups is 1. The third kappa shape index (κ3) is 4.76. The van der Waals surface area contributed by atoms with E-state index in [0.717, 1.165) is 0 Å². The smallest absolute Gasteiger partial charge is 0.412 e. The molecular formula is C13H20N2O4. The number of amides is 1. The predicted octanol–water partition coefficient (Wildman–Crippen LogP) is 1.73. The minimum Gasteiger partial charge on any atom is -0.506 e. The summed E-state index contributed by atoms with van der Waals surface area (Å²) in [5.74, 6) is -0.157. The quantitative estimate of drug-likeness (QED) is 0.625. The molecule has 0 aromatic heterocycles. The summed E-state index contributed by atoms with van der Waals surface area (Å²) in [6.45, 7) is 5.28.